The van der Waals surface area contributed by atoms with Crippen molar-refractivity contribution in [2.75, 3.05) is 39.3 Å². The number of carbonyl (C=O) groups excluding carboxylic acids is 1. The predicted molar refractivity (Wildman–Crippen MR) is 68.2 cm³/mol. The summed E-state index contributed by atoms with van der Waals surface area (Å²) in [6.07, 6.45) is -4.79. The van der Waals surface area contributed by atoms with E-state index < -0.39 is 24.7 Å². The highest BCUT2D eigenvalue weighted by Crippen LogP contribution is 2.12. The number of alkyl halides is 3. The molecule has 0 aliphatic carbocycles. The molecule has 5 nitrogen and oxygen atoms in total. The van der Waals surface area contributed by atoms with Gasteiger partial charge in [-0.05, 0) is 13.8 Å². The summed E-state index contributed by atoms with van der Waals surface area (Å²) in [6.45, 7) is 4.84. The van der Waals surface area contributed by atoms with Crippen molar-refractivity contribution < 1.29 is 23.1 Å². The zero-order valence-corrected chi connectivity index (χ0v) is 11.8. The summed E-state index contributed by atoms with van der Waals surface area (Å²) < 4.78 is 35.9. The molecule has 0 radical (unpaired) electrons. The Kier molecular flexibility index (Phi) is 6.22. The lowest BCUT2D eigenvalue weighted by atomic mass is 10.1. The van der Waals surface area contributed by atoms with Gasteiger partial charge in [-0.15, -0.1) is 0 Å². The number of hydrogen-bond acceptors (Lipinski definition) is 4. The van der Waals surface area contributed by atoms with Crippen LogP contribution in [0.25, 0.3) is 0 Å². The summed E-state index contributed by atoms with van der Waals surface area (Å²) in [4.78, 5) is 15.4. The highest BCUT2D eigenvalue weighted by atomic mass is 19.4. The minimum absolute atomic E-state index is 0.0249. The molecule has 8 heteroatoms. The first-order valence-corrected chi connectivity index (χ1v) is 6.65. The van der Waals surface area contributed by atoms with Crippen LogP contribution in [0.1, 0.15) is 13.8 Å². The van der Waals surface area contributed by atoms with E-state index in [0.29, 0.717) is 26.2 Å². The van der Waals surface area contributed by atoms with Crippen LogP contribution < -0.4 is 5.32 Å². The van der Waals surface area contributed by atoms with Gasteiger partial charge in [0, 0.05) is 32.2 Å². The Labute approximate surface area is 116 Å². The third-order valence-corrected chi connectivity index (χ3v) is 3.20. The van der Waals surface area contributed by atoms with E-state index in [0.717, 1.165) is 0 Å². The fourth-order valence-corrected chi connectivity index (χ4v) is 2.28. The molecule has 0 aromatic carbocycles. The van der Waals surface area contributed by atoms with Crippen LogP contribution in [0.4, 0.5) is 13.2 Å². The van der Waals surface area contributed by atoms with Gasteiger partial charge < -0.3 is 10.4 Å². The molecule has 1 saturated heterocycles. The van der Waals surface area contributed by atoms with Crippen molar-refractivity contribution in [3.63, 3.8) is 0 Å². The molecule has 1 aliphatic rings. The number of amides is 1. The van der Waals surface area contributed by atoms with E-state index >= 15 is 0 Å². The van der Waals surface area contributed by atoms with Crippen LogP contribution in [-0.2, 0) is 4.79 Å². The number of nitrogens with one attached hydrogen (secondary N) is 1. The SMILES string of the molecule is CC(O)CN1CCN(CC(=O)NCC(F)(F)F)CC1C. The van der Waals surface area contributed by atoms with Crippen LogP contribution in [-0.4, -0.2) is 78.4 Å². The third kappa shape index (κ3) is 6.53. The topological polar surface area (TPSA) is 55.8 Å². The average molecular weight is 297 g/mol. The Morgan fingerprint density at radius 2 is 2.10 bits per heavy atom. The van der Waals surface area contributed by atoms with Gasteiger partial charge in [-0.2, -0.15) is 13.2 Å². The fraction of sp³-hybridized carbons (Fsp3) is 0.917. The number of hydrogen-bond donors (Lipinski definition) is 2. The number of rotatable bonds is 5. The van der Waals surface area contributed by atoms with E-state index in [1.165, 1.54) is 0 Å². The second-order valence-electron chi connectivity index (χ2n) is 5.32. The van der Waals surface area contributed by atoms with Crippen LogP contribution >= 0.6 is 0 Å². The summed E-state index contributed by atoms with van der Waals surface area (Å²) in [5.41, 5.74) is 0. The van der Waals surface area contributed by atoms with Crippen LogP contribution in [0.3, 0.4) is 0 Å². The summed E-state index contributed by atoms with van der Waals surface area (Å²) in [6, 6.07) is 0.161. The van der Waals surface area contributed by atoms with Crippen molar-refractivity contribution in [2.45, 2.75) is 32.2 Å². The van der Waals surface area contributed by atoms with E-state index in [4.69, 9.17) is 0 Å². The summed E-state index contributed by atoms with van der Waals surface area (Å²) in [5.74, 6) is -0.612. The van der Waals surface area contributed by atoms with Crippen molar-refractivity contribution in [3.05, 3.63) is 0 Å². The Hall–Kier alpha value is -0.860. The van der Waals surface area contributed by atoms with Crippen molar-refractivity contribution in [2.24, 2.45) is 0 Å². The molecule has 1 amide bonds. The lowest BCUT2D eigenvalue weighted by molar-refractivity contribution is -0.139. The maximum atomic E-state index is 12.0. The van der Waals surface area contributed by atoms with Crippen LogP contribution in [0.5, 0.6) is 0 Å². The first-order valence-electron chi connectivity index (χ1n) is 6.65. The largest absolute Gasteiger partial charge is 0.405 e. The lowest BCUT2D eigenvalue weighted by Crippen LogP contribution is -2.55. The zero-order valence-electron chi connectivity index (χ0n) is 11.8. The normalized spacial score (nSPS) is 23.6. The van der Waals surface area contributed by atoms with Gasteiger partial charge in [-0.25, -0.2) is 0 Å². The second-order valence-corrected chi connectivity index (χ2v) is 5.32. The number of nitrogens with zero attached hydrogens (tertiary/aromatic N) is 2. The average Bonchev–Trinajstić information content (AvgIpc) is 2.29. The van der Waals surface area contributed by atoms with Gasteiger partial charge in [-0.3, -0.25) is 14.6 Å². The van der Waals surface area contributed by atoms with Gasteiger partial charge in [0.2, 0.25) is 5.91 Å². The van der Waals surface area contributed by atoms with E-state index in [2.05, 4.69) is 4.90 Å². The molecular formula is C12H22F3N3O2. The van der Waals surface area contributed by atoms with Gasteiger partial charge in [-0.1, -0.05) is 0 Å². The van der Waals surface area contributed by atoms with E-state index in [-0.39, 0.29) is 12.6 Å². The summed E-state index contributed by atoms with van der Waals surface area (Å²) >= 11 is 0. The quantitative estimate of drug-likeness (QED) is 0.753. The van der Waals surface area contributed by atoms with Gasteiger partial charge in [0.15, 0.2) is 0 Å². The van der Waals surface area contributed by atoms with Crippen molar-refractivity contribution in [3.8, 4) is 0 Å². The van der Waals surface area contributed by atoms with Crippen LogP contribution in [0.2, 0.25) is 0 Å². The van der Waals surface area contributed by atoms with Gasteiger partial charge in [0.05, 0.1) is 12.6 Å². The third-order valence-electron chi connectivity index (χ3n) is 3.20. The van der Waals surface area contributed by atoms with Crippen molar-refractivity contribution >= 4 is 5.91 Å². The minimum Gasteiger partial charge on any atom is -0.392 e. The molecule has 0 spiro atoms. The van der Waals surface area contributed by atoms with E-state index in [9.17, 15) is 23.1 Å². The summed E-state index contributed by atoms with van der Waals surface area (Å²) in [7, 11) is 0. The molecule has 2 atom stereocenters. The number of halogens is 3. The monoisotopic (exact) mass is 297 g/mol. The molecule has 0 aromatic rings. The van der Waals surface area contributed by atoms with Gasteiger partial charge in [0.25, 0.3) is 0 Å². The second kappa shape index (κ2) is 7.24. The van der Waals surface area contributed by atoms with E-state index in [1.54, 1.807) is 6.92 Å². The van der Waals surface area contributed by atoms with E-state index in [1.807, 2.05) is 17.1 Å². The Morgan fingerprint density at radius 1 is 1.45 bits per heavy atom. The molecule has 1 fully saturated rings. The smallest absolute Gasteiger partial charge is 0.392 e. The lowest BCUT2D eigenvalue weighted by Gasteiger charge is -2.40. The van der Waals surface area contributed by atoms with Gasteiger partial charge in [0.1, 0.15) is 6.54 Å². The molecule has 0 saturated carbocycles. The molecule has 2 unspecified atom stereocenters. The Morgan fingerprint density at radius 3 is 2.60 bits per heavy atom. The molecule has 1 heterocycles. The standard InChI is InChI=1S/C12H22F3N3O2/c1-9-5-17(3-4-18(9)6-10(2)19)7-11(20)16-8-12(13,14)15/h9-10,19H,3-8H2,1-2H3,(H,16,20). The predicted octanol–water partition coefficient (Wildman–Crippen LogP) is 0.0518. The molecule has 0 aromatic heterocycles. The fourth-order valence-electron chi connectivity index (χ4n) is 2.28. The maximum Gasteiger partial charge on any atom is 0.405 e. The molecule has 1 aliphatic heterocycles. The first-order chi connectivity index (χ1) is 9.17. The number of piperazine rings is 1. The van der Waals surface area contributed by atoms with Crippen molar-refractivity contribution in [1.82, 2.24) is 15.1 Å². The molecule has 0 bridgehead atoms. The molecular weight excluding hydrogens is 275 g/mol. The van der Waals surface area contributed by atoms with Crippen LogP contribution in [0.15, 0.2) is 0 Å². The molecule has 1 rings (SSSR count). The first kappa shape index (κ1) is 17.2. The Balaban J connectivity index is 2.31. The highest BCUT2D eigenvalue weighted by molar-refractivity contribution is 5.78. The molecule has 20 heavy (non-hydrogen) atoms. The maximum absolute atomic E-state index is 12.0. The molecule has 2 N–H and O–H groups in total. The number of β-amino-alcohol motifs (C(OH)–C–C–N with tert-alkyl or cyclic N) is 1. The zero-order chi connectivity index (χ0) is 15.3. The Bertz CT molecular complexity index is 324. The number of carbonyl (C=O) groups is 1. The molecule has 118 valence electrons. The number of aliphatic hydroxyl groups is 1. The summed E-state index contributed by atoms with van der Waals surface area (Å²) in [5, 5.41) is 11.2. The van der Waals surface area contributed by atoms with Gasteiger partial charge >= 0.3 is 6.18 Å². The highest BCUT2D eigenvalue weighted by Gasteiger charge is 2.29. The minimum atomic E-state index is -4.38. The van der Waals surface area contributed by atoms with Crippen molar-refractivity contribution in [1.29, 1.82) is 0 Å². The number of aliphatic hydroxyl groups excluding tert-OH is 1. The van der Waals surface area contributed by atoms with Crippen LogP contribution in [0, 0.1) is 0 Å².